The molecule has 0 atom stereocenters. The molecular weight excluding hydrogens is 399 g/mol. The van der Waals surface area contributed by atoms with Crippen LogP contribution in [0.2, 0.25) is 5.02 Å². The van der Waals surface area contributed by atoms with Crippen LogP contribution in [-0.2, 0) is 9.53 Å². The van der Waals surface area contributed by atoms with Crippen molar-refractivity contribution < 1.29 is 23.6 Å². The number of halogens is 2. The monoisotopic (exact) mass is 408 g/mol. The van der Waals surface area contributed by atoms with Gasteiger partial charge in [0.25, 0.3) is 11.6 Å². The van der Waals surface area contributed by atoms with E-state index in [9.17, 15) is 24.1 Å². The highest BCUT2D eigenvalue weighted by molar-refractivity contribution is 7.20. The molecule has 1 amide bonds. The van der Waals surface area contributed by atoms with Gasteiger partial charge < -0.3 is 10.1 Å². The number of rotatable bonds is 5. The molecule has 0 aliphatic heterocycles. The summed E-state index contributed by atoms with van der Waals surface area (Å²) in [4.78, 5) is 34.5. The summed E-state index contributed by atoms with van der Waals surface area (Å²) >= 11 is 6.81. The first-order valence-corrected chi connectivity index (χ1v) is 8.63. The molecular formula is C17H10ClFN2O5S. The minimum absolute atomic E-state index is 0.113. The molecule has 0 unspecified atom stereocenters. The van der Waals surface area contributed by atoms with Gasteiger partial charge >= 0.3 is 5.97 Å². The number of nitrogens with zero attached hydrogens (tertiary/aromatic N) is 1. The maximum Gasteiger partial charge on any atom is 0.348 e. The number of anilines is 1. The Bertz CT molecular complexity index is 1070. The van der Waals surface area contributed by atoms with Crippen LogP contribution in [0.15, 0.2) is 42.5 Å². The molecule has 0 fully saturated rings. The lowest BCUT2D eigenvalue weighted by atomic mass is 10.2. The Morgan fingerprint density at radius 2 is 2.04 bits per heavy atom. The highest BCUT2D eigenvalue weighted by Crippen LogP contribution is 2.29. The fraction of sp³-hybridized carbons (Fsp3) is 0.0588. The van der Waals surface area contributed by atoms with Gasteiger partial charge in [0.15, 0.2) is 6.61 Å². The van der Waals surface area contributed by atoms with Crippen LogP contribution in [0.1, 0.15) is 9.67 Å². The maximum atomic E-state index is 13.7. The number of hydrogen-bond acceptors (Lipinski definition) is 6. The lowest BCUT2D eigenvalue weighted by Crippen LogP contribution is -2.21. The Balaban J connectivity index is 1.67. The Morgan fingerprint density at radius 3 is 2.74 bits per heavy atom. The van der Waals surface area contributed by atoms with Crippen molar-refractivity contribution in [2.45, 2.75) is 0 Å². The van der Waals surface area contributed by atoms with E-state index >= 15 is 0 Å². The molecule has 138 valence electrons. The van der Waals surface area contributed by atoms with E-state index in [2.05, 4.69) is 5.32 Å². The lowest BCUT2D eigenvalue weighted by molar-refractivity contribution is -0.383. The first-order valence-electron chi connectivity index (χ1n) is 7.44. The molecule has 10 heteroatoms. The van der Waals surface area contributed by atoms with Crippen LogP contribution in [0.5, 0.6) is 0 Å². The predicted octanol–water partition coefficient (Wildman–Crippen LogP) is 4.40. The van der Waals surface area contributed by atoms with Crippen LogP contribution in [0, 0.1) is 15.9 Å². The van der Waals surface area contributed by atoms with E-state index in [1.807, 2.05) is 0 Å². The van der Waals surface area contributed by atoms with Crippen molar-refractivity contribution in [3.8, 4) is 0 Å². The zero-order valence-electron chi connectivity index (χ0n) is 13.4. The van der Waals surface area contributed by atoms with Crippen LogP contribution < -0.4 is 5.32 Å². The van der Waals surface area contributed by atoms with Crippen LogP contribution in [0.4, 0.5) is 15.8 Å². The second-order valence-corrected chi connectivity index (χ2v) is 6.83. The molecule has 3 rings (SSSR count). The molecule has 3 aromatic rings. The van der Waals surface area contributed by atoms with Crippen LogP contribution in [0.3, 0.4) is 0 Å². The van der Waals surface area contributed by atoms with Crippen molar-refractivity contribution in [1.29, 1.82) is 0 Å². The van der Waals surface area contributed by atoms with Gasteiger partial charge in [0.2, 0.25) is 0 Å². The molecule has 27 heavy (non-hydrogen) atoms. The Hall–Kier alpha value is -3.04. The number of hydrogen-bond donors (Lipinski definition) is 1. The maximum absolute atomic E-state index is 13.7. The number of nitro benzene ring substituents is 1. The van der Waals surface area contributed by atoms with Crippen molar-refractivity contribution in [2.24, 2.45) is 0 Å². The zero-order chi connectivity index (χ0) is 19.6. The Labute approximate surface area is 160 Å². The standard InChI is InChI=1S/C17H10ClFN2O5S/c18-9-4-5-13(21(24)25)12(6-9)20-16(22)8-26-17(23)15-7-10-11(19)2-1-3-14(10)27-15/h1-7H,8H2,(H,20,22). The molecule has 2 aromatic carbocycles. The summed E-state index contributed by atoms with van der Waals surface area (Å²) in [5.41, 5.74) is -0.462. The topological polar surface area (TPSA) is 98.5 Å². The number of fused-ring (bicyclic) bond motifs is 1. The molecule has 0 saturated heterocycles. The summed E-state index contributed by atoms with van der Waals surface area (Å²) in [5.74, 6) is -2.04. The predicted molar refractivity (Wildman–Crippen MR) is 98.8 cm³/mol. The van der Waals surface area contributed by atoms with E-state index in [0.717, 1.165) is 17.4 Å². The van der Waals surface area contributed by atoms with Gasteiger partial charge in [-0.05, 0) is 30.3 Å². The third kappa shape index (κ3) is 4.21. The second-order valence-electron chi connectivity index (χ2n) is 5.31. The van der Waals surface area contributed by atoms with Gasteiger partial charge in [0, 0.05) is 21.2 Å². The summed E-state index contributed by atoms with van der Waals surface area (Å²) in [6.45, 7) is -0.667. The summed E-state index contributed by atoms with van der Waals surface area (Å²) in [7, 11) is 0. The normalized spacial score (nSPS) is 10.6. The van der Waals surface area contributed by atoms with E-state index in [1.54, 1.807) is 6.07 Å². The number of nitro groups is 1. The second kappa shape index (κ2) is 7.68. The summed E-state index contributed by atoms with van der Waals surface area (Å²) in [6.07, 6.45) is 0. The van der Waals surface area contributed by atoms with E-state index in [4.69, 9.17) is 16.3 Å². The van der Waals surface area contributed by atoms with Crippen molar-refractivity contribution in [1.82, 2.24) is 0 Å². The molecule has 1 heterocycles. The molecule has 0 radical (unpaired) electrons. The lowest BCUT2D eigenvalue weighted by Gasteiger charge is -2.07. The Kier molecular flexibility index (Phi) is 5.33. The minimum atomic E-state index is -0.800. The molecule has 0 spiro atoms. The number of carbonyl (C=O) groups is 2. The number of nitrogens with one attached hydrogen (secondary N) is 1. The molecule has 1 aromatic heterocycles. The third-order valence-corrected chi connectivity index (χ3v) is 4.79. The molecule has 0 aliphatic carbocycles. The number of amides is 1. The number of thiophene rings is 1. The molecule has 0 saturated carbocycles. The first kappa shape index (κ1) is 18.7. The van der Waals surface area contributed by atoms with E-state index in [0.29, 0.717) is 4.70 Å². The average Bonchev–Trinajstić information content (AvgIpc) is 3.05. The number of benzene rings is 2. The van der Waals surface area contributed by atoms with Crippen molar-refractivity contribution in [3.05, 3.63) is 68.3 Å². The van der Waals surface area contributed by atoms with E-state index in [1.165, 1.54) is 30.3 Å². The van der Waals surface area contributed by atoms with Gasteiger partial charge in [-0.25, -0.2) is 9.18 Å². The molecule has 0 bridgehead atoms. The van der Waals surface area contributed by atoms with Crippen LogP contribution >= 0.6 is 22.9 Å². The summed E-state index contributed by atoms with van der Waals surface area (Å²) in [5, 5.41) is 13.7. The quantitative estimate of drug-likeness (QED) is 0.383. The van der Waals surface area contributed by atoms with Gasteiger partial charge in [0.05, 0.1) is 4.92 Å². The van der Waals surface area contributed by atoms with Gasteiger partial charge in [-0.2, -0.15) is 0 Å². The smallest absolute Gasteiger partial charge is 0.348 e. The number of ether oxygens (including phenoxy) is 1. The van der Waals surface area contributed by atoms with Gasteiger partial charge in [-0.1, -0.05) is 17.7 Å². The van der Waals surface area contributed by atoms with Gasteiger partial charge in [-0.15, -0.1) is 11.3 Å². The fourth-order valence-corrected chi connectivity index (χ4v) is 3.42. The Morgan fingerprint density at radius 1 is 1.26 bits per heavy atom. The minimum Gasteiger partial charge on any atom is -0.451 e. The highest BCUT2D eigenvalue weighted by Gasteiger charge is 2.18. The first-order chi connectivity index (χ1) is 12.8. The summed E-state index contributed by atoms with van der Waals surface area (Å²) in [6, 6.07) is 9.48. The molecule has 1 N–H and O–H groups in total. The van der Waals surface area contributed by atoms with Crippen LogP contribution in [0.25, 0.3) is 10.1 Å². The SMILES string of the molecule is O=C(COC(=O)c1cc2c(F)cccc2s1)Nc1cc(Cl)ccc1[N+](=O)[O-]. The van der Waals surface area contributed by atoms with Crippen LogP contribution in [-0.4, -0.2) is 23.4 Å². The zero-order valence-corrected chi connectivity index (χ0v) is 15.0. The number of esters is 1. The van der Waals surface area contributed by atoms with Gasteiger partial charge in [-0.3, -0.25) is 14.9 Å². The van der Waals surface area contributed by atoms with E-state index < -0.39 is 29.2 Å². The van der Waals surface area contributed by atoms with Crippen molar-refractivity contribution in [3.63, 3.8) is 0 Å². The van der Waals surface area contributed by atoms with E-state index in [-0.39, 0.29) is 26.7 Å². The van der Waals surface area contributed by atoms with Gasteiger partial charge in [0.1, 0.15) is 16.4 Å². The third-order valence-electron chi connectivity index (χ3n) is 3.47. The molecule has 0 aliphatic rings. The molecule has 7 nitrogen and oxygen atoms in total. The van der Waals surface area contributed by atoms with Crippen molar-refractivity contribution >= 4 is 56.3 Å². The number of carbonyl (C=O) groups excluding carboxylic acids is 2. The average molecular weight is 409 g/mol. The highest BCUT2D eigenvalue weighted by atomic mass is 35.5. The summed E-state index contributed by atoms with van der Waals surface area (Å²) < 4.78 is 19.1. The fourth-order valence-electron chi connectivity index (χ4n) is 2.28. The van der Waals surface area contributed by atoms with Crippen molar-refractivity contribution in [2.75, 3.05) is 11.9 Å². The largest absolute Gasteiger partial charge is 0.451 e.